The van der Waals surface area contributed by atoms with Gasteiger partial charge in [-0.15, -0.1) is 0 Å². The van der Waals surface area contributed by atoms with Gasteiger partial charge in [-0.2, -0.15) is 0 Å². The van der Waals surface area contributed by atoms with Gasteiger partial charge in [-0.3, -0.25) is 0 Å². The molecule has 0 radical (unpaired) electrons. The monoisotopic (exact) mass is 399 g/mol. The number of ether oxygens (including phenoxy) is 2. The molecule has 0 aliphatic carbocycles. The van der Waals surface area contributed by atoms with Crippen LogP contribution in [-0.4, -0.2) is 19.1 Å². The Morgan fingerprint density at radius 2 is 1.70 bits per heavy atom. The molecule has 0 bridgehead atoms. The van der Waals surface area contributed by atoms with Crippen LogP contribution in [-0.2, 0) is 10.3 Å². The standard InChI is InChI=1S/C26H25NO3/c1-5-27(6-2)21-12-9-13-22-23(21)26(19-11-8-7-10-18(19)25(28)30-26)20-15-16(3)14-17(4)24(20)29-22/h7-15H,5-6H2,1-4H3. The molecule has 5 rings (SSSR count). The topological polar surface area (TPSA) is 38.8 Å². The first-order valence-corrected chi connectivity index (χ1v) is 10.5. The normalized spacial score (nSPS) is 18.3. The average Bonchev–Trinajstić information content (AvgIpc) is 3.03. The predicted molar refractivity (Wildman–Crippen MR) is 118 cm³/mol. The van der Waals surface area contributed by atoms with E-state index in [0.29, 0.717) is 5.56 Å². The summed E-state index contributed by atoms with van der Waals surface area (Å²) in [6.07, 6.45) is 0. The van der Waals surface area contributed by atoms with Crippen molar-refractivity contribution in [2.24, 2.45) is 0 Å². The summed E-state index contributed by atoms with van der Waals surface area (Å²) in [5.74, 6) is 1.22. The van der Waals surface area contributed by atoms with Crippen LogP contribution in [0.4, 0.5) is 5.69 Å². The highest BCUT2D eigenvalue weighted by Gasteiger charge is 2.55. The maximum absolute atomic E-state index is 13.1. The van der Waals surface area contributed by atoms with Gasteiger partial charge in [-0.25, -0.2) is 4.79 Å². The summed E-state index contributed by atoms with van der Waals surface area (Å²) in [5, 5.41) is 0. The fraction of sp³-hybridized carbons (Fsp3) is 0.269. The molecule has 1 spiro atoms. The maximum atomic E-state index is 13.1. The quantitative estimate of drug-likeness (QED) is 0.528. The van der Waals surface area contributed by atoms with Crippen molar-refractivity contribution in [3.63, 3.8) is 0 Å². The molecule has 2 aliphatic rings. The number of hydrogen-bond donors (Lipinski definition) is 0. The summed E-state index contributed by atoms with van der Waals surface area (Å²) in [5.41, 5.74) is 5.45. The minimum absolute atomic E-state index is 0.294. The number of carbonyl (C=O) groups is 1. The number of rotatable bonds is 3. The van der Waals surface area contributed by atoms with E-state index >= 15 is 0 Å². The SMILES string of the molecule is CCN(CC)c1cccc2c1C1(OC(=O)c3ccccc31)c1cc(C)cc(C)c1O2. The third-order valence-corrected chi connectivity index (χ3v) is 6.24. The van der Waals surface area contributed by atoms with Crippen molar-refractivity contribution in [2.75, 3.05) is 18.0 Å². The molecule has 0 saturated heterocycles. The molecule has 1 atom stereocenters. The van der Waals surface area contributed by atoms with E-state index in [0.717, 1.165) is 58.1 Å². The van der Waals surface area contributed by atoms with Crippen LogP contribution in [0.15, 0.2) is 54.6 Å². The van der Waals surface area contributed by atoms with E-state index in [1.165, 1.54) is 0 Å². The van der Waals surface area contributed by atoms with Crippen molar-refractivity contribution in [3.8, 4) is 11.5 Å². The first-order valence-electron chi connectivity index (χ1n) is 10.5. The van der Waals surface area contributed by atoms with E-state index in [1.54, 1.807) is 0 Å². The first-order chi connectivity index (χ1) is 14.5. The second-order valence-electron chi connectivity index (χ2n) is 8.00. The van der Waals surface area contributed by atoms with Crippen LogP contribution < -0.4 is 9.64 Å². The fourth-order valence-electron chi connectivity index (χ4n) is 4.99. The molecule has 0 saturated carbocycles. The highest BCUT2D eigenvalue weighted by atomic mass is 16.6. The minimum Gasteiger partial charge on any atom is -0.456 e. The van der Waals surface area contributed by atoms with Gasteiger partial charge < -0.3 is 14.4 Å². The summed E-state index contributed by atoms with van der Waals surface area (Å²) in [6.45, 7) is 10.1. The zero-order valence-electron chi connectivity index (χ0n) is 17.8. The molecule has 0 aromatic heterocycles. The van der Waals surface area contributed by atoms with Gasteiger partial charge in [0.2, 0.25) is 0 Å². The van der Waals surface area contributed by atoms with E-state index in [2.05, 4.69) is 43.9 Å². The van der Waals surface area contributed by atoms with Crippen molar-refractivity contribution in [1.29, 1.82) is 0 Å². The van der Waals surface area contributed by atoms with Gasteiger partial charge in [0.15, 0.2) is 5.60 Å². The number of carbonyl (C=O) groups excluding carboxylic acids is 1. The Morgan fingerprint density at radius 1 is 0.933 bits per heavy atom. The van der Waals surface area contributed by atoms with Crippen LogP contribution in [0.3, 0.4) is 0 Å². The summed E-state index contributed by atoms with van der Waals surface area (Å²) >= 11 is 0. The summed E-state index contributed by atoms with van der Waals surface area (Å²) in [4.78, 5) is 15.4. The van der Waals surface area contributed by atoms with Crippen LogP contribution in [0.1, 0.15) is 52.0 Å². The lowest BCUT2D eigenvalue weighted by Gasteiger charge is -2.40. The molecule has 3 aromatic rings. The Morgan fingerprint density at radius 3 is 2.47 bits per heavy atom. The van der Waals surface area contributed by atoms with Gasteiger partial charge in [0, 0.05) is 29.9 Å². The lowest BCUT2D eigenvalue weighted by Crippen LogP contribution is -2.36. The van der Waals surface area contributed by atoms with Crippen LogP contribution in [0.25, 0.3) is 0 Å². The third-order valence-electron chi connectivity index (χ3n) is 6.24. The highest BCUT2D eigenvalue weighted by molar-refractivity contribution is 5.97. The lowest BCUT2D eigenvalue weighted by atomic mass is 9.75. The molecular formula is C26H25NO3. The largest absolute Gasteiger partial charge is 0.456 e. The number of hydrogen-bond acceptors (Lipinski definition) is 4. The molecule has 0 N–H and O–H groups in total. The van der Waals surface area contributed by atoms with E-state index in [1.807, 2.05) is 43.3 Å². The Labute approximate surface area is 177 Å². The number of anilines is 1. The molecule has 0 fully saturated rings. The molecule has 2 aliphatic heterocycles. The summed E-state index contributed by atoms with van der Waals surface area (Å²) < 4.78 is 12.8. The van der Waals surface area contributed by atoms with Gasteiger partial charge in [0.05, 0.1) is 11.1 Å². The van der Waals surface area contributed by atoms with Gasteiger partial charge in [-0.05, 0) is 57.5 Å². The summed E-state index contributed by atoms with van der Waals surface area (Å²) in [6, 6.07) is 18.0. The third kappa shape index (κ3) is 2.37. The smallest absolute Gasteiger partial charge is 0.340 e. The lowest BCUT2D eigenvalue weighted by molar-refractivity contribution is 0.0225. The predicted octanol–water partition coefficient (Wildman–Crippen LogP) is 5.72. The molecule has 1 unspecified atom stereocenters. The average molecular weight is 399 g/mol. The molecule has 4 nitrogen and oxygen atoms in total. The van der Waals surface area contributed by atoms with Crippen molar-refractivity contribution < 1.29 is 14.3 Å². The van der Waals surface area contributed by atoms with Crippen molar-refractivity contribution in [2.45, 2.75) is 33.3 Å². The molecule has 2 heterocycles. The van der Waals surface area contributed by atoms with Crippen molar-refractivity contribution in [3.05, 3.63) is 88.0 Å². The molecule has 152 valence electrons. The van der Waals surface area contributed by atoms with Crippen molar-refractivity contribution >= 4 is 11.7 Å². The second kappa shape index (κ2) is 6.63. The van der Waals surface area contributed by atoms with Gasteiger partial charge >= 0.3 is 5.97 Å². The fourth-order valence-corrected chi connectivity index (χ4v) is 4.99. The van der Waals surface area contributed by atoms with Crippen LogP contribution in [0.5, 0.6) is 11.5 Å². The Kier molecular flexibility index (Phi) is 4.14. The number of esters is 1. The van der Waals surface area contributed by atoms with Gasteiger partial charge in [0.1, 0.15) is 11.5 Å². The minimum atomic E-state index is -1.02. The van der Waals surface area contributed by atoms with Crippen molar-refractivity contribution in [1.82, 2.24) is 0 Å². The zero-order chi connectivity index (χ0) is 21.0. The molecular weight excluding hydrogens is 374 g/mol. The first kappa shape index (κ1) is 18.7. The summed E-state index contributed by atoms with van der Waals surface area (Å²) in [7, 11) is 0. The Bertz CT molecular complexity index is 1180. The van der Waals surface area contributed by atoms with E-state index in [9.17, 15) is 4.79 Å². The van der Waals surface area contributed by atoms with Crippen LogP contribution in [0.2, 0.25) is 0 Å². The van der Waals surface area contributed by atoms with E-state index in [-0.39, 0.29) is 5.97 Å². The Hall–Kier alpha value is -3.27. The molecule has 0 amide bonds. The van der Waals surface area contributed by atoms with Crippen LogP contribution in [0, 0.1) is 13.8 Å². The molecule has 3 aromatic carbocycles. The van der Waals surface area contributed by atoms with Crippen LogP contribution >= 0.6 is 0 Å². The highest BCUT2D eigenvalue weighted by Crippen LogP contribution is 2.59. The zero-order valence-corrected chi connectivity index (χ0v) is 17.8. The second-order valence-corrected chi connectivity index (χ2v) is 8.00. The maximum Gasteiger partial charge on any atom is 0.340 e. The number of benzene rings is 3. The Balaban J connectivity index is 1.94. The number of nitrogens with zero attached hydrogens (tertiary/aromatic N) is 1. The molecule has 4 heteroatoms. The molecule has 30 heavy (non-hydrogen) atoms. The number of aryl methyl sites for hydroxylation is 2. The van der Waals surface area contributed by atoms with Gasteiger partial charge in [-0.1, -0.05) is 35.9 Å². The van der Waals surface area contributed by atoms with E-state index in [4.69, 9.17) is 9.47 Å². The van der Waals surface area contributed by atoms with Gasteiger partial charge in [0.25, 0.3) is 0 Å². The van der Waals surface area contributed by atoms with E-state index < -0.39 is 5.60 Å². The number of fused-ring (bicyclic) bond motifs is 6.